The van der Waals surface area contributed by atoms with E-state index in [0.717, 1.165) is 11.3 Å². The summed E-state index contributed by atoms with van der Waals surface area (Å²) >= 11 is 5.98. The third-order valence-electron chi connectivity index (χ3n) is 4.41. The molecule has 2 aromatic rings. The number of aromatic nitrogens is 1. The van der Waals surface area contributed by atoms with E-state index in [9.17, 15) is 10.1 Å². The summed E-state index contributed by atoms with van der Waals surface area (Å²) in [5.41, 5.74) is 7.81. The number of rotatable bonds is 4. The predicted molar refractivity (Wildman–Crippen MR) is 98.1 cm³/mol. The van der Waals surface area contributed by atoms with Crippen molar-refractivity contribution in [1.82, 2.24) is 4.57 Å². The van der Waals surface area contributed by atoms with Gasteiger partial charge in [0, 0.05) is 30.4 Å². The topological polar surface area (TPSA) is 90.3 Å². The van der Waals surface area contributed by atoms with Crippen LogP contribution in [0.3, 0.4) is 0 Å². The van der Waals surface area contributed by atoms with Crippen molar-refractivity contribution in [1.29, 1.82) is 5.26 Å². The van der Waals surface area contributed by atoms with E-state index >= 15 is 0 Å². The Hall–Kier alpha value is -2.75. The van der Waals surface area contributed by atoms with Crippen molar-refractivity contribution in [2.75, 3.05) is 13.7 Å². The predicted octanol–water partition coefficient (Wildman–Crippen LogP) is 2.67. The Balaban J connectivity index is 2.25. The Morgan fingerprint density at radius 2 is 2.08 bits per heavy atom. The molecular weight excluding hydrogens is 354 g/mol. The van der Waals surface area contributed by atoms with E-state index in [-0.39, 0.29) is 17.0 Å². The normalized spacial score (nSPS) is 16.0. The van der Waals surface area contributed by atoms with Gasteiger partial charge in [0.1, 0.15) is 17.4 Å². The molecule has 0 saturated carbocycles. The van der Waals surface area contributed by atoms with Crippen LogP contribution in [0.2, 0.25) is 5.02 Å². The first kappa shape index (κ1) is 18.1. The Bertz CT molecular complexity index is 971. The van der Waals surface area contributed by atoms with Gasteiger partial charge >= 0.3 is 0 Å². The molecule has 2 heterocycles. The fourth-order valence-electron chi connectivity index (χ4n) is 3.14. The number of halogens is 1. The highest BCUT2D eigenvalue weighted by Gasteiger charge is 2.34. The minimum atomic E-state index is -0.608. The van der Waals surface area contributed by atoms with E-state index < -0.39 is 5.92 Å². The molecule has 0 unspecified atom stereocenters. The molecule has 7 heteroatoms. The van der Waals surface area contributed by atoms with Gasteiger partial charge in [0.2, 0.25) is 5.88 Å². The summed E-state index contributed by atoms with van der Waals surface area (Å²) in [6.07, 6.45) is 0. The summed E-state index contributed by atoms with van der Waals surface area (Å²) in [5, 5.41) is 10.2. The van der Waals surface area contributed by atoms with Gasteiger partial charge in [-0.1, -0.05) is 23.7 Å². The fraction of sp³-hybridized carbons (Fsp3) is 0.263. The monoisotopic (exact) mass is 371 g/mol. The molecule has 0 amide bonds. The Morgan fingerprint density at radius 3 is 2.69 bits per heavy atom. The molecule has 134 valence electrons. The maximum Gasteiger partial charge on any atom is 0.258 e. The third-order valence-corrected chi connectivity index (χ3v) is 4.66. The molecule has 0 fully saturated rings. The number of pyridine rings is 1. The lowest BCUT2D eigenvalue weighted by atomic mass is 9.84. The van der Waals surface area contributed by atoms with Crippen LogP contribution in [-0.4, -0.2) is 18.3 Å². The first-order valence-corrected chi connectivity index (χ1v) is 8.42. The van der Waals surface area contributed by atoms with Gasteiger partial charge in [-0.15, -0.1) is 0 Å². The van der Waals surface area contributed by atoms with Crippen molar-refractivity contribution in [3.05, 3.63) is 74.0 Å². The molecule has 0 aliphatic carbocycles. The van der Waals surface area contributed by atoms with Crippen LogP contribution in [0.5, 0.6) is 5.75 Å². The summed E-state index contributed by atoms with van der Waals surface area (Å²) < 4.78 is 12.3. The number of allylic oxidation sites excluding steroid dienone is 1. The van der Waals surface area contributed by atoms with Crippen LogP contribution in [0, 0.1) is 18.3 Å². The van der Waals surface area contributed by atoms with Gasteiger partial charge in [0.25, 0.3) is 5.56 Å². The zero-order valence-electron chi connectivity index (χ0n) is 14.5. The average molecular weight is 372 g/mol. The molecule has 0 bridgehead atoms. The van der Waals surface area contributed by atoms with E-state index in [1.807, 2.05) is 6.92 Å². The molecule has 0 spiro atoms. The highest BCUT2D eigenvalue weighted by atomic mass is 35.5. The Kier molecular flexibility index (Phi) is 5.03. The minimum Gasteiger partial charge on any atom is -0.440 e. The summed E-state index contributed by atoms with van der Waals surface area (Å²) in [6.45, 7) is 2.62. The highest BCUT2D eigenvalue weighted by molar-refractivity contribution is 6.30. The molecule has 1 aromatic heterocycles. The maximum atomic E-state index is 13.2. The first-order valence-electron chi connectivity index (χ1n) is 8.04. The van der Waals surface area contributed by atoms with Crippen LogP contribution in [0.4, 0.5) is 0 Å². The lowest BCUT2D eigenvalue weighted by molar-refractivity contribution is 0.185. The zero-order valence-corrected chi connectivity index (χ0v) is 15.2. The molecule has 1 aromatic carbocycles. The number of ether oxygens (including phenoxy) is 2. The van der Waals surface area contributed by atoms with Crippen molar-refractivity contribution in [3.8, 4) is 11.8 Å². The van der Waals surface area contributed by atoms with Crippen molar-refractivity contribution in [2.24, 2.45) is 5.73 Å². The molecule has 0 radical (unpaired) electrons. The van der Waals surface area contributed by atoms with Gasteiger partial charge < -0.3 is 19.8 Å². The number of benzene rings is 1. The smallest absolute Gasteiger partial charge is 0.258 e. The number of methoxy groups -OCH3 is 1. The van der Waals surface area contributed by atoms with Crippen LogP contribution >= 0.6 is 11.6 Å². The first-order chi connectivity index (χ1) is 12.5. The van der Waals surface area contributed by atoms with E-state index in [2.05, 4.69) is 6.07 Å². The standard InChI is InChI=1S/C19H18ClN3O3/c1-11-9-15-17(19(24)23(11)7-8-25-2)16(14(10-21)18(22)26-15)12-3-5-13(20)6-4-12/h3-6,9,16H,7-8,22H2,1-2H3/t16-/m0/s1. The van der Waals surface area contributed by atoms with Crippen LogP contribution in [0.1, 0.15) is 22.7 Å². The quantitative estimate of drug-likeness (QED) is 0.892. The summed E-state index contributed by atoms with van der Waals surface area (Å²) in [6, 6.07) is 10.8. The molecule has 26 heavy (non-hydrogen) atoms. The Morgan fingerprint density at radius 1 is 1.38 bits per heavy atom. The molecule has 1 aliphatic heterocycles. The lowest BCUT2D eigenvalue weighted by Gasteiger charge is -2.27. The number of nitrogens with two attached hydrogens (primary N) is 1. The second-order valence-corrected chi connectivity index (χ2v) is 6.43. The summed E-state index contributed by atoms with van der Waals surface area (Å²) in [4.78, 5) is 13.2. The molecular formula is C19H18ClN3O3. The maximum absolute atomic E-state index is 13.2. The van der Waals surface area contributed by atoms with E-state index in [4.69, 9.17) is 26.8 Å². The number of hydrogen-bond acceptors (Lipinski definition) is 5. The van der Waals surface area contributed by atoms with E-state index in [1.165, 1.54) is 0 Å². The number of fused-ring (bicyclic) bond motifs is 1. The third kappa shape index (κ3) is 3.07. The highest BCUT2D eigenvalue weighted by Crippen LogP contribution is 2.40. The number of hydrogen-bond donors (Lipinski definition) is 1. The van der Waals surface area contributed by atoms with Crippen molar-refractivity contribution < 1.29 is 9.47 Å². The molecule has 1 atom stereocenters. The molecule has 1 aliphatic rings. The van der Waals surface area contributed by atoms with Crippen molar-refractivity contribution in [3.63, 3.8) is 0 Å². The fourth-order valence-corrected chi connectivity index (χ4v) is 3.26. The van der Waals surface area contributed by atoms with E-state index in [1.54, 1.807) is 42.0 Å². The van der Waals surface area contributed by atoms with Crippen LogP contribution < -0.4 is 16.0 Å². The van der Waals surface area contributed by atoms with E-state index in [0.29, 0.717) is 29.5 Å². The van der Waals surface area contributed by atoms with Gasteiger partial charge in [-0.05, 0) is 24.6 Å². The molecule has 0 saturated heterocycles. The SMILES string of the molecule is COCCn1c(C)cc2c(c1=O)[C@@H](c1ccc(Cl)cc1)C(C#N)=C(N)O2. The molecule has 2 N–H and O–H groups in total. The van der Waals surface area contributed by atoms with Gasteiger partial charge in [-0.3, -0.25) is 4.79 Å². The van der Waals surface area contributed by atoms with Gasteiger partial charge in [-0.2, -0.15) is 5.26 Å². The summed E-state index contributed by atoms with van der Waals surface area (Å²) in [7, 11) is 1.58. The Labute approximate surface area is 156 Å². The average Bonchev–Trinajstić information content (AvgIpc) is 2.61. The largest absolute Gasteiger partial charge is 0.440 e. The second-order valence-electron chi connectivity index (χ2n) is 5.99. The molecule has 6 nitrogen and oxygen atoms in total. The molecule has 3 rings (SSSR count). The van der Waals surface area contributed by atoms with Gasteiger partial charge in [0.15, 0.2) is 0 Å². The van der Waals surface area contributed by atoms with Crippen molar-refractivity contribution in [2.45, 2.75) is 19.4 Å². The lowest BCUT2D eigenvalue weighted by Crippen LogP contribution is -2.33. The number of aryl methyl sites for hydroxylation is 1. The van der Waals surface area contributed by atoms with Crippen LogP contribution in [0.15, 0.2) is 46.6 Å². The minimum absolute atomic E-state index is 0.00777. The van der Waals surface area contributed by atoms with Gasteiger partial charge in [-0.25, -0.2) is 0 Å². The number of nitrogens with zero attached hydrogens (tertiary/aromatic N) is 2. The zero-order chi connectivity index (χ0) is 18.8. The second kappa shape index (κ2) is 7.24. The number of nitriles is 1. The van der Waals surface area contributed by atoms with Gasteiger partial charge in [0.05, 0.1) is 18.1 Å². The van der Waals surface area contributed by atoms with Crippen LogP contribution in [0.25, 0.3) is 0 Å². The van der Waals surface area contributed by atoms with Crippen molar-refractivity contribution >= 4 is 11.6 Å². The van der Waals surface area contributed by atoms with Crippen LogP contribution in [-0.2, 0) is 11.3 Å². The summed E-state index contributed by atoms with van der Waals surface area (Å²) in [5.74, 6) is -0.228.